The van der Waals surface area contributed by atoms with Crippen molar-refractivity contribution < 1.29 is 0 Å². The molecule has 0 aliphatic rings. The summed E-state index contributed by atoms with van der Waals surface area (Å²) in [5.74, 6) is 0.502. The predicted octanol–water partition coefficient (Wildman–Crippen LogP) is -0.198. The maximum absolute atomic E-state index is 7.04. The summed E-state index contributed by atoms with van der Waals surface area (Å²) in [5, 5.41) is 9.80. The zero-order valence-corrected chi connectivity index (χ0v) is 6.13. The Morgan fingerprint density at radius 3 is 2.45 bits per heavy atom. The van der Waals surface area contributed by atoms with E-state index in [2.05, 4.69) is 15.3 Å². The van der Waals surface area contributed by atoms with Gasteiger partial charge in [-0.3, -0.25) is 5.41 Å². The lowest BCUT2D eigenvalue weighted by Crippen LogP contribution is -2.12. The van der Waals surface area contributed by atoms with Gasteiger partial charge < -0.3 is 11.1 Å². The van der Waals surface area contributed by atoms with Gasteiger partial charge in [0.05, 0.1) is 5.56 Å². The van der Waals surface area contributed by atoms with E-state index in [0.717, 1.165) is 0 Å². The molecule has 0 fully saturated rings. The maximum Gasteiger partial charge on any atom is 0.222 e. The second-order valence-electron chi connectivity index (χ2n) is 1.96. The van der Waals surface area contributed by atoms with Crippen molar-refractivity contribution in [3.8, 4) is 0 Å². The molecule has 0 spiro atoms. The van der Waals surface area contributed by atoms with Crippen LogP contribution in [0.3, 0.4) is 0 Å². The minimum atomic E-state index is -0.0207. The molecule has 58 valence electrons. The van der Waals surface area contributed by atoms with E-state index in [-0.39, 0.29) is 5.84 Å². The summed E-state index contributed by atoms with van der Waals surface area (Å²) in [7, 11) is 1.72. The number of anilines is 1. The van der Waals surface area contributed by atoms with Gasteiger partial charge in [-0.25, -0.2) is 9.97 Å². The monoisotopic (exact) mass is 151 g/mol. The highest BCUT2D eigenvalue weighted by molar-refractivity contribution is 5.94. The predicted molar refractivity (Wildman–Crippen MR) is 42.6 cm³/mol. The number of hydrogen-bond acceptors (Lipinski definition) is 4. The molecular weight excluding hydrogens is 142 g/mol. The first-order valence-corrected chi connectivity index (χ1v) is 3.08. The van der Waals surface area contributed by atoms with Gasteiger partial charge in [0.15, 0.2) is 0 Å². The standard InChI is InChI=1S/C6H9N5/c1-9-6-10-2-4(3-11-6)5(7)8/h2-3H,1H3,(H3,7,8)(H,9,10,11). The molecule has 0 saturated heterocycles. The van der Waals surface area contributed by atoms with Crippen molar-refractivity contribution in [1.29, 1.82) is 5.41 Å². The molecule has 1 rings (SSSR count). The van der Waals surface area contributed by atoms with E-state index in [9.17, 15) is 0 Å². The first-order valence-electron chi connectivity index (χ1n) is 3.08. The van der Waals surface area contributed by atoms with Gasteiger partial charge in [0.1, 0.15) is 5.84 Å². The summed E-state index contributed by atoms with van der Waals surface area (Å²) >= 11 is 0. The first kappa shape index (κ1) is 7.46. The molecule has 0 aromatic carbocycles. The summed E-state index contributed by atoms with van der Waals surface area (Å²) < 4.78 is 0. The van der Waals surface area contributed by atoms with Gasteiger partial charge in [-0.15, -0.1) is 0 Å². The third-order valence-corrected chi connectivity index (χ3v) is 1.19. The van der Waals surface area contributed by atoms with Crippen LogP contribution in [0.4, 0.5) is 5.95 Å². The maximum atomic E-state index is 7.04. The fraction of sp³-hybridized carbons (Fsp3) is 0.167. The molecular formula is C6H9N5. The molecule has 0 saturated carbocycles. The lowest BCUT2D eigenvalue weighted by Gasteiger charge is -1.98. The van der Waals surface area contributed by atoms with E-state index >= 15 is 0 Å². The van der Waals surface area contributed by atoms with E-state index in [1.807, 2.05) is 0 Å². The van der Waals surface area contributed by atoms with Crippen LogP contribution in [0.1, 0.15) is 5.56 Å². The lowest BCUT2D eigenvalue weighted by molar-refractivity contribution is 1.14. The average Bonchev–Trinajstić information content (AvgIpc) is 2.05. The minimum absolute atomic E-state index is 0.0207. The Morgan fingerprint density at radius 2 is 2.09 bits per heavy atom. The van der Waals surface area contributed by atoms with Crippen molar-refractivity contribution in [3.05, 3.63) is 18.0 Å². The van der Waals surface area contributed by atoms with E-state index in [4.69, 9.17) is 11.1 Å². The molecule has 0 aliphatic heterocycles. The van der Waals surface area contributed by atoms with Crippen molar-refractivity contribution in [2.24, 2.45) is 5.73 Å². The van der Waals surface area contributed by atoms with Crippen molar-refractivity contribution in [1.82, 2.24) is 9.97 Å². The topological polar surface area (TPSA) is 87.7 Å². The second-order valence-corrected chi connectivity index (χ2v) is 1.96. The van der Waals surface area contributed by atoms with Gasteiger partial charge in [0.25, 0.3) is 0 Å². The number of rotatable bonds is 2. The molecule has 1 aromatic heterocycles. The fourth-order valence-corrected chi connectivity index (χ4v) is 0.596. The van der Waals surface area contributed by atoms with Crippen molar-refractivity contribution in [2.75, 3.05) is 12.4 Å². The molecule has 5 heteroatoms. The number of nitrogen functional groups attached to an aromatic ring is 1. The lowest BCUT2D eigenvalue weighted by atomic mass is 10.3. The van der Waals surface area contributed by atoms with Crippen LogP contribution in [-0.2, 0) is 0 Å². The fourth-order valence-electron chi connectivity index (χ4n) is 0.596. The van der Waals surface area contributed by atoms with Crippen LogP contribution in [0.5, 0.6) is 0 Å². The number of amidine groups is 1. The summed E-state index contributed by atoms with van der Waals surface area (Å²) in [6, 6.07) is 0. The van der Waals surface area contributed by atoms with Gasteiger partial charge in [-0.2, -0.15) is 0 Å². The van der Waals surface area contributed by atoms with Crippen LogP contribution in [0.2, 0.25) is 0 Å². The number of nitrogens with one attached hydrogen (secondary N) is 2. The minimum Gasteiger partial charge on any atom is -0.384 e. The van der Waals surface area contributed by atoms with Crippen molar-refractivity contribution in [3.63, 3.8) is 0 Å². The molecule has 11 heavy (non-hydrogen) atoms. The number of hydrogen-bond donors (Lipinski definition) is 3. The molecule has 0 bridgehead atoms. The van der Waals surface area contributed by atoms with E-state index in [1.165, 1.54) is 12.4 Å². The average molecular weight is 151 g/mol. The quantitative estimate of drug-likeness (QED) is 0.403. The number of aromatic nitrogens is 2. The van der Waals surface area contributed by atoms with Crippen molar-refractivity contribution in [2.45, 2.75) is 0 Å². The van der Waals surface area contributed by atoms with E-state index in [0.29, 0.717) is 11.5 Å². The Bertz CT molecular complexity index is 252. The Labute approximate surface area is 64.2 Å². The Balaban J connectivity index is 2.91. The summed E-state index contributed by atoms with van der Waals surface area (Å²) in [5.41, 5.74) is 5.72. The van der Waals surface area contributed by atoms with Crippen LogP contribution in [-0.4, -0.2) is 22.9 Å². The Hall–Kier alpha value is -1.65. The molecule has 0 unspecified atom stereocenters. The summed E-state index contributed by atoms with van der Waals surface area (Å²) in [6.45, 7) is 0. The normalized spacial score (nSPS) is 9.18. The molecule has 5 nitrogen and oxygen atoms in total. The number of nitrogens with two attached hydrogens (primary N) is 1. The molecule has 1 aromatic rings. The molecule has 0 atom stereocenters. The highest BCUT2D eigenvalue weighted by atomic mass is 15.1. The SMILES string of the molecule is CNc1ncc(C(=N)N)cn1. The van der Waals surface area contributed by atoms with Crippen LogP contribution in [0, 0.1) is 5.41 Å². The Morgan fingerprint density at radius 1 is 1.55 bits per heavy atom. The first-order chi connectivity index (χ1) is 5.24. The highest BCUT2D eigenvalue weighted by Crippen LogP contribution is 1.97. The van der Waals surface area contributed by atoms with Gasteiger partial charge in [-0.1, -0.05) is 0 Å². The molecule has 0 radical (unpaired) electrons. The zero-order chi connectivity index (χ0) is 8.27. The van der Waals surface area contributed by atoms with Crippen LogP contribution < -0.4 is 11.1 Å². The largest absolute Gasteiger partial charge is 0.384 e. The third kappa shape index (κ3) is 1.64. The molecule has 0 amide bonds. The van der Waals surface area contributed by atoms with Gasteiger partial charge in [-0.05, 0) is 0 Å². The molecule has 4 N–H and O–H groups in total. The summed E-state index contributed by atoms with van der Waals surface area (Å²) in [4.78, 5) is 7.75. The van der Waals surface area contributed by atoms with Crippen LogP contribution in [0.25, 0.3) is 0 Å². The smallest absolute Gasteiger partial charge is 0.222 e. The van der Waals surface area contributed by atoms with E-state index in [1.54, 1.807) is 7.05 Å². The van der Waals surface area contributed by atoms with Gasteiger partial charge in [0, 0.05) is 19.4 Å². The van der Waals surface area contributed by atoms with Crippen molar-refractivity contribution >= 4 is 11.8 Å². The molecule has 1 heterocycles. The molecule has 0 aliphatic carbocycles. The Kier molecular flexibility index (Phi) is 2.00. The van der Waals surface area contributed by atoms with Gasteiger partial charge >= 0.3 is 0 Å². The van der Waals surface area contributed by atoms with Crippen LogP contribution >= 0.6 is 0 Å². The number of nitrogens with zero attached hydrogens (tertiary/aromatic N) is 2. The highest BCUT2D eigenvalue weighted by Gasteiger charge is 1.96. The summed E-state index contributed by atoms with van der Waals surface area (Å²) in [6.07, 6.45) is 3.00. The van der Waals surface area contributed by atoms with E-state index < -0.39 is 0 Å². The third-order valence-electron chi connectivity index (χ3n) is 1.19. The van der Waals surface area contributed by atoms with Crippen LogP contribution in [0.15, 0.2) is 12.4 Å². The zero-order valence-electron chi connectivity index (χ0n) is 6.13. The second kappa shape index (κ2) is 2.96. The van der Waals surface area contributed by atoms with Gasteiger partial charge in [0.2, 0.25) is 5.95 Å².